The van der Waals surface area contributed by atoms with Gasteiger partial charge in [-0.05, 0) is 18.2 Å². The summed E-state index contributed by atoms with van der Waals surface area (Å²) in [4.78, 5) is 15.0. The maximum absolute atomic E-state index is 11.5. The number of nitrogens with zero attached hydrogens (tertiary/aromatic N) is 5. The third kappa shape index (κ3) is 2.99. The van der Waals surface area contributed by atoms with Gasteiger partial charge >= 0.3 is 0 Å². The topological polar surface area (TPSA) is 116 Å². The summed E-state index contributed by atoms with van der Waals surface area (Å²) in [5.41, 5.74) is 1.35. The van der Waals surface area contributed by atoms with Gasteiger partial charge in [-0.25, -0.2) is 0 Å². The van der Waals surface area contributed by atoms with Crippen LogP contribution in [-0.4, -0.2) is 37.9 Å². The predicted octanol–water partition coefficient (Wildman–Crippen LogP) is 2.39. The Balaban J connectivity index is 1.56. The Labute approximate surface area is 160 Å². The Morgan fingerprint density at radius 1 is 0.929 bits per heavy atom. The van der Waals surface area contributed by atoms with Crippen molar-refractivity contribution in [3.05, 3.63) is 51.6 Å². The molecule has 2 aliphatic rings. The van der Waals surface area contributed by atoms with E-state index in [1.165, 1.54) is 12.1 Å². The zero-order valence-electron chi connectivity index (χ0n) is 14.8. The number of nitro groups is 1. The molecule has 1 saturated heterocycles. The van der Waals surface area contributed by atoms with Gasteiger partial charge in [0.2, 0.25) is 6.79 Å². The number of nitriles is 2. The number of anilines is 2. The highest BCUT2D eigenvalue weighted by Gasteiger charge is 2.26. The predicted molar refractivity (Wildman–Crippen MR) is 99.5 cm³/mol. The molecule has 2 heterocycles. The summed E-state index contributed by atoms with van der Waals surface area (Å²) < 4.78 is 10.7. The van der Waals surface area contributed by atoms with E-state index in [9.17, 15) is 15.4 Å². The first-order valence-electron chi connectivity index (χ1n) is 8.63. The minimum absolute atomic E-state index is 0.0111. The summed E-state index contributed by atoms with van der Waals surface area (Å²) in [5.74, 6) is 1.43. The fraction of sp³-hybridized carbons (Fsp3) is 0.263. The molecule has 2 aromatic rings. The lowest BCUT2D eigenvalue weighted by atomic mass is 10.1. The number of piperazine rings is 1. The van der Waals surface area contributed by atoms with Gasteiger partial charge in [0.15, 0.2) is 11.5 Å². The van der Waals surface area contributed by atoms with Crippen molar-refractivity contribution in [1.29, 1.82) is 10.5 Å². The quantitative estimate of drug-likeness (QED) is 0.591. The second-order valence-corrected chi connectivity index (χ2v) is 6.38. The molecule has 9 heteroatoms. The molecular formula is C19H15N5O4. The molecule has 9 nitrogen and oxygen atoms in total. The zero-order chi connectivity index (χ0) is 19.7. The lowest BCUT2D eigenvalue weighted by molar-refractivity contribution is -0.384. The van der Waals surface area contributed by atoms with Gasteiger partial charge in [-0.15, -0.1) is 0 Å². The monoisotopic (exact) mass is 377 g/mol. The van der Waals surface area contributed by atoms with E-state index < -0.39 is 4.92 Å². The smallest absolute Gasteiger partial charge is 0.293 e. The minimum atomic E-state index is -0.512. The van der Waals surface area contributed by atoms with Gasteiger partial charge in [-0.1, -0.05) is 0 Å². The standard InChI is InChI=1S/C19H15N5O4/c20-10-13-7-16(17(24(25)26)8-14(13)11-21)23-5-3-22(4-6-23)15-1-2-18-19(9-15)28-12-27-18/h1-2,7-9H,3-6,12H2. The van der Waals surface area contributed by atoms with E-state index in [0.29, 0.717) is 37.6 Å². The first-order chi connectivity index (χ1) is 13.6. The van der Waals surface area contributed by atoms with E-state index in [0.717, 1.165) is 11.4 Å². The van der Waals surface area contributed by atoms with Gasteiger partial charge < -0.3 is 19.3 Å². The number of benzene rings is 2. The Bertz CT molecular complexity index is 1030. The third-order valence-electron chi connectivity index (χ3n) is 4.89. The average molecular weight is 377 g/mol. The summed E-state index contributed by atoms with van der Waals surface area (Å²) >= 11 is 0. The van der Waals surface area contributed by atoms with Gasteiger partial charge in [-0.3, -0.25) is 10.1 Å². The second-order valence-electron chi connectivity index (χ2n) is 6.38. The maximum Gasteiger partial charge on any atom is 0.293 e. The van der Waals surface area contributed by atoms with Crippen LogP contribution in [0.1, 0.15) is 11.1 Å². The molecule has 0 N–H and O–H groups in total. The Morgan fingerprint density at radius 2 is 1.57 bits per heavy atom. The number of hydrogen-bond acceptors (Lipinski definition) is 8. The van der Waals surface area contributed by atoms with E-state index in [-0.39, 0.29) is 23.6 Å². The Morgan fingerprint density at radius 3 is 2.25 bits per heavy atom. The summed E-state index contributed by atoms with van der Waals surface area (Å²) in [6.45, 7) is 2.62. The molecular weight excluding hydrogens is 362 g/mol. The van der Waals surface area contributed by atoms with Gasteiger partial charge in [0.05, 0.1) is 16.1 Å². The highest BCUT2D eigenvalue weighted by atomic mass is 16.7. The summed E-state index contributed by atoms with van der Waals surface area (Å²) in [6.07, 6.45) is 0. The van der Waals surface area contributed by atoms with Crippen LogP contribution in [-0.2, 0) is 0 Å². The van der Waals surface area contributed by atoms with Gasteiger partial charge in [0.25, 0.3) is 5.69 Å². The maximum atomic E-state index is 11.5. The van der Waals surface area contributed by atoms with Crippen LogP contribution in [0.25, 0.3) is 0 Å². The summed E-state index contributed by atoms with van der Waals surface area (Å²) in [7, 11) is 0. The molecule has 1 fully saturated rings. The Hall–Kier alpha value is -3.98. The van der Waals surface area contributed by atoms with Crippen molar-refractivity contribution < 1.29 is 14.4 Å². The van der Waals surface area contributed by atoms with Crippen molar-refractivity contribution in [1.82, 2.24) is 0 Å². The first-order valence-corrected chi connectivity index (χ1v) is 8.63. The molecule has 2 aliphatic heterocycles. The molecule has 0 aromatic heterocycles. The molecule has 4 rings (SSSR count). The van der Waals surface area contributed by atoms with Crippen molar-refractivity contribution in [2.75, 3.05) is 42.8 Å². The summed E-state index contributed by atoms with van der Waals surface area (Å²) in [5, 5.41) is 29.8. The van der Waals surface area contributed by atoms with Crippen LogP contribution in [0, 0.1) is 32.8 Å². The molecule has 140 valence electrons. The second kappa shape index (κ2) is 6.97. The number of ether oxygens (including phenoxy) is 2. The fourth-order valence-corrected chi connectivity index (χ4v) is 3.45. The zero-order valence-corrected chi connectivity index (χ0v) is 14.8. The first kappa shape index (κ1) is 17.4. The van der Waals surface area contributed by atoms with Crippen molar-refractivity contribution in [2.24, 2.45) is 0 Å². The van der Waals surface area contributed by atoms with Crippen molar-refractivity contribution >= 4 is 17.1 Å². The van der Waals surface area contributed by atoms with Crippen LogP contribution >= 0.6 is 0 Å². The van der Waals surface area contributed by atoms with Gasteiger partial charge in [0, 0.05) is 44.0 Å². The molecule has 0 atom stereocenters. The van der Waals surface area contributed by atoms with E-state index in [1.807, 2.05) is 35.2 Å². The fourth-order valence-electron chi connectivity index (χ4n) is 3.45. The SMILES string of the molecule is N#Cc1cc(N2CCN(c3ccc4c(c3)OCO4)CC2)c([N+](=O)[O-])cc1C#N. The van der Waals surface area contributed by atoms with Crippen LogP contribution < -0.4 is 19.3 Å². The van der Waals surface area contributed by atoms with E-state index >= 15 is 0 Å². The van der Waals surface area contributed by atoms with E-state index in [1.54, 1.807) is 0 Å². The highest BCUT2D eigenvalue weighted by Crippen LogP contribution is 2.37. The van der Waals surface area contributed by atoms with Crippen molar-refractivity contribution in [3.8, 4) is 23.6 Å². The molecule has 0 radical (unpaired) electrons. The molecule has 0 bridgehead atoms. The normalized spacial score (nSPS) is 15.1. The van der Waals surface area contributed by atoms with Crippen LogP contribution in [0.5, 0.6) is 11.5 Å². The van der Waals surface area contributed by atoms with Gasteiger partial charge in [0.1, 0.15) is 17.8 Å². The van der Waals surface area contributed by atoms with Crippen LogP contribution in [0.15, 0.2) is 30.3 Å². The lowest BCUT2D eigenvalue weighted by Gasteiger charge is -2.37. The third-order valence-corrected chi connectivity index (χ3v) is 4.89. The van der Waals surface area contributed by atoms with Crippen molar-refractivity contribution in [3.63, 3.8) is 0 Å². The number of fused-ring (bicyclic) bond motifs is 1. The molecule has 28 heavy (non-hydrogen) atoms. The van der Waals surface area contributed by atoms with Crippen molar-refractivity contribution in [2.45, 2.75) is 0 Å². The molecule has 2 aromatic carbocycles. The number of rotatable bonds is 3. The molecule has 0 amide bonds. The number of hydrogen-bond donors (Lipinski definition) is 0. The molecule has 0 saturated carbocycles. The highest BCUT2D eigenvalue weighted by molar-refractivity contribution is 5.70. The molecule has 0 unspecified atom stereocenters. The van der Waals surface area contributed by atoms with Crippen LogP contribution in [0.4, 0.5) is 17.1 Å². The number of nitro benzene ring substituents is 1. The van der Waals surface area contributed by atoms with Crippen LogP contribution in [0.3, 0.4) is 0 Å². The van der Waals surface area contributed by atoms with Crippen LogP contribution in [0.2, 0.25) is 0 Å². The van der Waals surface area contributed by atoms with E-state index in [2.05, 4.69) is 4.90 Å². The lowest BCUT2D eigenvalue weighted by Crippen LogP contribution is -2.46. The Kier molecular flexibility index (Phi) is 4.34. The largest absolute Gasteiger partial charge is 0.454 e. The summed E-state index contributed by atoms with van der Waals surface area (Å²) in [6, 6.07) is 12.2. The molecule has 0 aliphatic carbocycles. The molecule has 0 spiro atoms. The van der Waals surface area contributed by atoms with Gasteiger partial charge in [-0.2, -0.15) is 10.5 Å². The minimum Gasteiger partial charge on any atom is -0.454 e. The average Bonchev–Trinajstić information content (AvgIpc) is 3.20. The van der Waals surface area contributed by atoms with E-state index in [4.69, 9.17) is 14.7 Å².